The van der Waals surface area contributed by atoms with Crippen LogP contribution in [0.15, 0.2) is 30.3 Å². The summed E-state index contributed by atoms with van der Waals surface area (Å²) in [4.78, 5) is 13.0. The van der Waals surface area contributed by atoms with Crippen molar-refractivity contribution in [2.24, 2.45) is 23.2 Å². The molecular weight excluding hydrogens is 336 g/mol. The molecule has 4 aliphatic rings. The Hall–Kier alpha value is -2.23. The predicted octanol–water partition coefficient (Wildman–Crippen LogP) is 4.88. The Morgan fingerprint density at radius 3 is 2.22 bits per heavy atom. The smallest absolute Gasteiger partial charge is 0.318 e. The van der Waals surface area contributed by atoms with Crippen LogP contribution in [0.2, 0.25) is 0 Å². The molecule has 1 aromatic heterocycles. The third-order valence-electron chi connectivity index (χ3n) is 6.98. The van der Waals surface area contributed by atoms with Crippen LogP contribution in [0.5, 0.6) is 5.88 Å². The number of rotatable bonds is 3. The zero-order chi connectivity index (χ0) is 18.6. The van der Waals surface area contributed by atoms with Gasteiger partial charge in [0.1, 0.15) is 0 Å². The highest BCUT2D eigenvalue weighted by Gasteiger charge is 2.55. The summed E-state index contributed by atoms with van der Waals surface area (Å²) in [7, 11) is 0. The third kappa shape index (κ3) is 2.95. The van der Waals surface area contributed by atoms with Crippen LogP contribution < -0.4 is 4.74 Å². The lowest BCUT2D eigenvalue weighted by atomic mass is 9.49. The maximum atomic E-state index is 13.0. The molecule has 27 heavy (non-hydrogen) atoms. The molecule has 4 nitrogen and oxygen atoms in total. The van der Waals surface area contributed by atoms with Gasteiger partial charge in [0, 0.05) is 11.6 Å². The number of benzene rings is 1. The number of aryl methyl sites for hydroxylation is 2. The van der Waals surface area contributed by atoms with Crippen molar-refractivity contribution in [3.05, 3.63) is 41.5 Å². The van der Waals surface area contributed by atoms with Crippen molar-refractivity contribution >= 4 is 5.97 Å². The standard InChI is InChI=1S/C23H26N2O2/c1-14-3-4-15(2)19(7-14)20-5-6-21(25-24-20)27-22(26)23-11-16-8-17(12-23)10-18(9-16)13-23/h3-7,16-18H,8-13H2,1-2H3. The molecule has 0 amide bonds. The van der Waals surface area contributed by atoms with Crippen molar-refractivity contribution in [2.45, 2.75) is 52.4 Å². The predicted molar refractivity (Wildman–Crippen MR) is 103 cm³/mol. The van der Waals surface area contributed by atoms with E-state index >= 15 is 0 Å². The highest BCUT2D eigenvalue weighted by molar-refractivity contribution is 5.79. The first kappa shape index (κ1) is 16.9. The van der Waals surface area contributed by atoms with Crippen LogP contribution >= 0.6 is 0 Å². The number of carbonyl (C=O) groups is 1. The lowest BCUT2D eigenvalue weighted by molar-refractivity contribution is -0.161. The average Bonchev–Trinajstić information content (AvgIpc) is 2.63. The fourth-order valence-electron chi connectivity index (χ4n) is 6.09. The van der Waals surface area contributed by atoms with Gasteiger partial charge in [-0.2, -0.15) is 0 Å². The van der Waals surface area contributed by atoms with E-state index in [9.17, 15) is 4.79 Å². The van der Waals surface area contributed by atoms with E-state index in [1.165, 1.54) is 24.8 Å². The van der Waals surface area contributed by atoms with Gasteiger partial charge in [-0.25, -0.2) is 0 Å². The first-order valence-electron chi connectivity index (χ1n) is 10.1. The Morgan fingerprint density at radius 1 is 0.963 bits per heavy atom. The van der Waals surface area contributed by atoms with Gasteiger partial charge in [-0.3, -0.25) is 4.79 Å². The molecule has 4 bridgehead atoms. The summed E-state index contributed by atoms with van der Waals surface area (Å²) in [5, 5.41) is 8.52. The van der Waals surface area contributed by atoms with Crippen molar-refractivity contribution < 1.29 is 9.53 Å². The molecular formula is C23H26N2O2. The average molecular weight is 362 g/mol. The summed E-state index contributed by atoms with van der Waals surface area (Å²) in [6.45, 7) is 4.13. The van der Waals surface area contributed by atoms with Crippen LogP contribution in [-0.4, -0.2) is 16.2 Å². The number of ether oxygens (including phenoxy) is 1. The fraction of sp³-hybridized carbons (Fsp3) is 0.522. The molecule has 140 valence electrons. The summed E-state index contributed by atoms with van der Waals surface area (Å²) in [6, 6.07) is 9.97. The van der Waals surface area contributed by atoms with Gasteiger partial charge in [0.25, 0.3) is 0 Å². The van der Waals surface area contributed by atoms with Crippen LogP contribution in [0, 0.1) is 37.0 Å². The van der Waals surface area contributed by atoms with Crippen molar-refractivity contribution in [2.75, 3.05) is 0 Å². The minimum atomic E-state index is -0.262. The second kappa shape index (κ2) is 6.15. The molecule has 2 aromatic rings. The summed E-state index contributed by atoms with van der Waals surface area (Å²) in [5.41, 5.74) is 3.97. The zero-order valence-electron chi connectivity index (χ0n) is 16.1. The highest BCUT2D eigenvalue weighted by atomic mass is 16.5. The Morgan fingerprint density at radius 2 is 1.63 bits per heavy atom. The quantitative estimate of drug-likeness (QED) is 0.730. The number of carbonyl (C=O) groups excluding carboxylic acids is 1. The lowest BCUT2D eigenvalue weighted by Gasteiger charge is -2.55. The van der Waals surface area contributed by atoms with Crippen molar-refractivity contribution in [3.8, 4) is 17.1 Å². The third-order valence-corrected chi connectivity index (χ3v) is 6.98. The Kier molecular flexibility index (Phi) is 3.85. The number of aromatic nitrogens is 2. The monoisotopic (exact) mass is 362 g/mol. The second-order valence-electron chi connectivity index (χ2n) is 9.16. The Labute approximate surface area is 160 Å². The molecule has 0 saturated heterocycles. The van der Waals surface area contributed by atoms with Crippen molar-refractivity contribution in [1.82, 2.24) is 10.2 Å². The van der Waals surface area contributed by atoms with Gasteiger partial charge in [-0.1, -0.05) is 17.7 Å². The molecule has 0 unspecified atom stereocenters. The van der Waals surface area contributed by atoms with E-state index in [2.05, 4.69) is 42.2 Å². The molecule has 4 fully saturated rings. The first-order valence-corrected chi connectivity index (χ1v) is 10.1. The maximum absolute atomic E-state index is 13.0. The summed E-state index contributed by atoms with van der Waals surface area (Å²) in [6.07, 6.45) is 6.97. The SMILES string of the molecule is Cc1ccc(C)c(-c2ccc(OC(=O)C34CC5CC(CC(C5)C3)C4)nn2)c1. The number of hydrogen-bond acceptors (Lipinski definition) is 4. The lowest BCUT2D eigenvalue weighted by Crippen LogP contribution is -2.51. The van der Waals surface area contributed by atoms with Gasteiger partial charge in [0.15, 0.2) is 0 Å². The normalized spacial score (nSPS) is 31.1. The summed E-state index contributed by atoms with van der Waals surface area (Å²) < 4.78 is 5.73. The van der Waals surface area contributed by atoms with Crippen LogP contribution in [0.3, 0.4) is 0 Å². The van der Waals surface area contributed by atoms with Crippen molar-refractivity contribution in [1.29, 1.82) is 0 Å². The van der Waals surface area contributed by atoms with E-state index in [1.807, 2.05) is 6.07 Å². The van der Waals surface area contributed by atoms with Gasteiger partial charge >= 0.3 is 5.97 Å². The molecule has 0 spiro atoms. The fourth-order valence-corrected chi connectivity index (χ4v) is 6.09. The second-order valence-corrected chi connectivity index (χ2v) is 9.16. The van der Waals surface area contributed by atoms with E-state index in [1.54, 1.807) is 6.07 Å². The first-order chi connectivity index (χ1) is 13.0. The van der Waals surface area contributed by atoms with Crippen LogP contribution in [0.4, 0.5) is 0 Å². The highest BCUT2D eigenvalue weighted by Crippen LogP contribution is 2.60. The van der Waals surface area contributed by atoms with Gasteiger partial charge in [-0.15, -0.1) is 10.2 Å². The van der Waals surface area contributed by atoms with Crippen LogP contribution in [0.1, 0.15) is 49.7 Å². The molecule has 0 N–H and O–H groups in total. The molecule has 0 aliphatic heterocycles. The molecule has 6 rings (SSSR count). The van der Waals surface area contributed by atoms with E-state index < -0.39 is 0 Å². The van der Waals surface area contributed by atoms with Crippen LogP contribution in [0.25, 0.3) is 11.3 Å². The topological polar surface area (TPSA) is 52.1 Å². The molecule has 4 saturated carbocycles. The minimum Gasteiger partial charge on any atom is -0.405 e. The number of esters is 1. The maximum Gasteiger partial charge on any atom is 0.318 e. The summed E-state index contributed by atoms with van der Waals surface area (Å²) >= 11 is 0. The molecule has 1 aromatic carbocycles. The van der Waals surface area contributed by atoms with Crippen molar-refractivity contribution in [3.63, 3.8) is 0 Å². The number of hydrogen-bond donors (Lipinski definition) is 0. The van der Waals surface area contributed by atoms with Gasteiger partial charge in [-0.05, 0) is 87.8 Å². The van der Waals surface area contributed by atoms with Gasteiger partial charge in [0.2, 0.25) is 5.88 Å². The Bertz CT molecular complexity index is 852. The van der Waals surface area contributed by atoms with Gasteiger partial charge in [0.05, 0.1) is 11.1 Å². The van der Waals surface area contributed by atoms with E-state index in [-0.39, 0.29) is 11.4 Å². The molecule has 0 atom stereocenters. The molecule has 4 heteroatoms. The Balaban J connectivity index is 1.34. The minimum absolute atomic E-state index is 0.0737. The van der Waals surface area contributed by atoms with Gasteiger partial charge < -0.3 is 4.74 Å². The van der Waals surface area contributed by atoms with E-state index in [4.69, 9.17) is 4.74 Å². The number of nitrogens with zero attached hydrogens (tertiary/aromatic N) is 2. The van der Waals surface area contributed by atoms with E-state index in [0.29, 0.717) is 5.88 Å². The zero-order valence-corrected chi connectivity index (χ0v) is 16.1. The summed E-state index contributed by atoms with van der Waals surface area (Å²) in [5.74, 6) is 2.42. The molecule has 1 heterocycles. The molecule has 4 aliphatic carbocycles. The van der Waals surface area contributed by atoms with E-state index in [0.717, 1.165) is 53.8 Å². The van der Waals surface area contributed by atoms with Crippen LogP contribution in [-0.2, 0) is 4.79 Å². The molecule has 0 radical (unpaired) electrons. The largest absolute Gasteiger partial charge is 0.405 e.